The molecular formula is C11H22N2. The first-order valence-corrected chi connectivity index (χ1v) is 5.10. The summed E-state index contributed by atoms with van der Waals surface area (Å²) < 4.78 is 0. The van der Waals surface area contributed by atoms with Crippen molar-refractivity contribution in [3.8, 4) is 0 Å². The van der Waals surface area contributed by atoms with Crippen molar-refractivity contribution in [3.63, 3.8) is 0 Å². The molecule has 1 aliphatic heterocycles. The van der Waals surface area contributed by atoms with Gasteiger partial charge in [-0.25, -0.2) is 0 Å². The molecule has 0 saturated heterocycles. The minimum Gasteiger partial charge on any atom is -0.314 e. The van der Waals surface area contributed by atoms with Crippen LogP contribution in [0.4, 0.5) is 0 Å². The first kappa shape index (κ1) is 10.7. The Morgan fingerprint density at radius 3 is 2.77 bits per heavy atom. The monoisotopic (exact) mass is 182 g/mol. The third-order valence-electron chi connectivity index (χ3n) is 2.71. The number of hydrogen-bond acceptors (Lipinski definition) is 2. The van der Waals surface area contributed by atoms with Gasteiger partial charge in [0.05, 0.1) is 0 Å². The normalized spacial score (nSPS) is 20.2. The van der Waals surface area contributed by atoms with Crippen molar-refractivity contribution in [2.24, 2.45) is 0 Å². The molecule has 0 aromatic heterocycles. The lowest BCUT2D eigenvalue weighted by molar-refractivity contribution is 0.217. The summed E-state index contributed by atoms with van der Waals surface area (Å²) in [5.74, 6) is 0. The highest BCUT2D eigenvalue weighted by Gasteiger charge is 2.20. The number of rotatable bonds is 3. The topological polar surface area (TPSA) is 15.3 Å². The predicted octanol–water partition coefficient (Wildman–Crippen LogP) is 1.64. The maximum atomic E-state index is 3.34. The maximum Gasteiger partial charge on any atom is 0.0249 e. The SMILES string of the molecule is CNC(C)(C)CN1CCC=C(C)C1. The summed E-state index contributed by atoms with van der Waals surface area (Å²) >= 11 is 0. The second-order valence-electron chi connectivity index (χ2n) is 4.68. The van der Waals surface area contributed by atoms with Crippen LogP contribution >= 0.6 is 0 Å². The molecule has 0 spiro atoms. The molecule has 0 radical (unpaired) electrons. The van der Waals surface area contributed by atoms with Crippen LogP contribution in [-0.2, 0) is 0 Å². The van der Waals surface area contributed by atoms with Crippen molar-refractivity contribution in [2.45, 2.75) is 32.7 Å². The first-order valence-electron chi connectivity index (χ1n) is 5.10. The standard InChI is InChI=1S/C11H22N2/c1-10-6-5-7-13(8-10)9-11(2,3)12-4/h6,12H,5,7-9H2,1-4H3. The minimum absolute atomic E-state index is 0.234. The summed E-state index contributed by atoms with van der Waals surface area (Å²) in [4.78, 5) is 2.52. The quantitative estimate of drug-likeness (QED) is 0.667. The van der Waals surface area contributed by atoms with Crippen LogP contribution < -0.4 is 5.32 Å². The van der Waals surface area contributed by atoms with Crippen LogP contribution in [0.1, 0.15) is 27.2 Å². The van der Waals surface area contributed by atoms with Gasteiger partial charge < -0.3 is 5.32 Å². The maximum absolute atomic E-state index is 3.34. The van der Waals surface area contributed by atoms with Crippen LogP contribution in [0.5, 0.6) is 0 Å². The van der Waals surface area contributed by atoms with Crippen molar-refractivity contribution in [3.05, 3.63) is 11.6 Å². The van der Waals surface area contributed by atoms with E-state index >= 15 is 0 Å². The zero-order valence-corrected chi connectivity index (χ0v) is 9.35. The Morgan fingerprint density at radius 1 is 1.54 bits per heavy atom. The lowest BCUT2D eigenvalue weighted by atomic mass is 10.0. The van der Waals surface area contributed by atoms with E-state index in [-0.39, 0.29) is 5.54 Å². The summed E-state index contributed by atoms with van der Waals surface area (Å²) in [5.41, 5.74) is 1.75. The average Bonchev–Trinajstić information content (AvgIpc) is 2.03. The van der Waals surface area contributed by atoms with E-state index in [1.165, 1.54) is 18.5 Å². The summed E-state index contributed by atoms with van der Waals surface area (Å²) in [5, 5.41) is 3.34. The third-order valence-corrected chi connectivity index (χ3v) is 2.71. The van der Waals surface area contributed by atoms with Gasteiger partial charge >= 0.3 is 0 Å². The van der Waals surface area contributed by atoms with E-state index in [1.807, 2.05) is 7.05 Å². The van der Waals surface area contributed by atoms with Gasteiger partial charge in [0.1, 0.15) is 0 Å². The molecule has 0 aliphatic carbocycles. The minimum atomic E-state index is 0.234. The molecule has 1 N–H and O–H groups in total. The van der Waals surface area contributed by atoms with Gasteiger partial charge in [-0.3, -0.25) is 4.90 Å². The van der Waals surface area contributed by atoms with Gasteiger partial charge in [0, 0.05) is 25.2 Å². The van der Waals surface area contributed by atoms with Gasteiger partial charge in [0.2, 0.25) is 0 Å². The lowest BCUT2D eigenvalue weighted by Crippen LogP contribution is -2.48. The molecule has 76 valence electrons. The molecule has 0 atom stereocenters. The smallest absolute Gasteiger partial charge is 0.0249 e. The second-order valence-corrected chi connectivity index (χ2v) is 4.68. The fourth-order valence-corrected chi connectivity index (χ4v) is 1.76. The van der Waals surface area contributed by atoms with Crippen molar-refractivity contribution >= 4 is 0 Å². The molecule has 1 heterocycles. The van der Waals surface area contributed by atoms with E-state index in [2.05, 4.69) is 37.1 Å². The van der Waals surface area contributed by atoms with E-state index in [0.29, 0.717) is 0 Å². The van der Waals surface area contributed by atoms with E-state index in [9.17, 15) is 0 Å². The second kappa shape index (κ2) is 4.25. The van der Waals surface area contributed by atoms with Crippen LogP contribution in [-0.4, -0.2) is 37.1 Å². The molecule has 1 aliphatic rings. The van der Waals surface area contributed by atoms with E-state index in [1.54, 1.807) is 0 Å². The van der Waals surface area contributed by atoms with Gasteiger partial charge in [-0.1, -0.05) is 11.6 Å². The van der Waals surface area contributed by atoms with E-state index in [0.717, 1.165) is 13.1 Å². The number of nitrogens with zero attached hydrogens (tertiary/aromatic N) is 1. The molecule has 0 amide bonds. The fraction of sp³-hybridized carbons (Fsp3) is 0.818. The van der Waals surface area contributed by atoms with Crippen LogP contribution in [0.15, 0.2) is 11.6 Å². The summed E-state index contributed by atoms with van der Waals surface area (Å²) in [6, 6.07) is 0. The zero-order valence-electron chi connectivity index (χ0n) is 9.35. The summed E-state index contributed by atoms with van der Waals surface area (Å²) in [6.45, 7) is 10.2. The van der Waals surface area contributed by atoms with Gasteiger partial charge in [-0.2, -0.15) is 0 Å². The van der Waals surface area contributed by atoms with Gasteiger partial charge in [0.25, 0.3) is 0 Å². The Balaban J connectivity index is 2.42. The average molecular weight is 182 g/mol. The molecule has 2 heteroatoms. The summed E-state index contributed by atoms with van der Waals surface area (Å²) in [6.07, 6.45) is 3.56. The van der Waals surface area contributed by atoms with Crippen LogP contribution in [0.3, 0.4) is 0 Å². The van der Waals surface area contributed by atoms with Crippen LogP contribution in [0.25, 0.3) is 0 Å². The van der Waals surface area contributed by atoms with Crippen molar-refractivity contribution < 1.29 is 0 Å². The molecule has 13 heavy (non-hydrogen) atoms. The van der Waals surface area contributed by atoms with Crippen molar-refractivity contribution in [1.82, 2.24) is 10.2 Å². The Labute approximate surface area is 82.0 Å². The van der Waals surface area contributed by atoms with Gasteiger partial charge in [-0.05, 0) is 34.2 Å². The molecule has 0 aromatic carbocycles. The Hall–Kier alpha value is -0.340. The van der Waals surface area contributed by atoms with Crippen LogP contribution in [0.2, 0.25) is 0 Å². The third kappa shape index (κ3) is 3.49. The van der Waals surface area contributed by atoms with E-state index < -0.39 is 0 Å². The van der Waals surface area contributed by atoms with Crippen molar-refractivity contribution in [1.29, 1.82) is 0 Å². The Bertz CT molecular complexity index is 194. The largest absolute Gasteiger partial charge is 0.314 e. The highest BCUT2D eigenvalue weighted by molar-refractivity contribution is 5.05. The Kier molecular flexibility index (Phi) is 3.51. The van der Waals surface area contributed by atoms with Gasteiger partial charge in [0.15, 0.2) is 0 Å². The molecule has 1 rings (SSSR count). The van der Waals surface area contributed by atoms with Gasteiger partial charge in [-0.15, -0.1) is 0 Å². The zero-order chi connectivity index (χ0) is 9.90. The molecule has 0 unspecified atom stereocenters. The number of likely N-dealkylation sites (N-methyl/N-ethyl adjacent to an activating group) is 1. The van der Waals surface area contributed by atoms with E-state index in [4.69, 9.17) is 0 Å². The predicted molar refractivity (Wildman–Crippen MR) is 58.0 cm³/mol. The molecular weight excluding hydrogens is 160 g/mol. The molecule has 0 bridgehead atoms. The summed E-state index contributed by atoms with van der Waals surface area (Å²) in [7, 11) is 2.03. The molecule has 2 nitrogen and oxygen atoms in total. The lowest BCUT2D eigenvalue weighted by Gasteiger charge is -2.34. The Morgan fingerprint density at radius 2 is 2.23 bits per heavy atom. The number of hydrogen-bond donors (Lipinski definition) is 1. The first-order chi connectivity index (χ1) is 6.03. The highest BCUT2D eigenvalue weighted by atomic mass is 15.2. The van der Waals surface area contributed by atoms with Crippen molar-refractivity contribution in [2.75, 3.05) is 26.7 Å². The fourth-order valence-electron chi connectivity index (χ4n) is 1.76. The van der Waals surface area contributed by atoms with Crippen LogP contribution in [0, 0.1) is 0 Å². The molecule has 0 saturated carbocycles. The molecule has 0 fully saturated rings. The number of nitrogens with one attached hydrogen (secondary N) is 1. The highest BCUT2D eigenvalue weighted by Crippen LogP contribution is 2.12. The molecule has 0 aromatic rings.